The second kappa shape index (κ2) is 6.33. The Bertz CT molecular complexity index is 503. The molecule has 8 nitrogen and oxygen atoms in total. The summed E-state index contributed by atoms with van der Waals surface area (Å²) in [7, 11) is 0. The minimum Gasteiger partial charge on any atom is -0.460 e. The van der Waals surface area contributed by atoms with Gasteiger partial charge in [0.1, 0.15) is 12.1 Å². The smallest absolute Gasteiger partial charge is 0.303 e. The fraction of sp³-hybridized carbons (Fsp3) is 0.714. The van der Waals surface area contributed by atoms with Gasteiger partial charge in [0.25, 0.3) is 0 Å². The summed E-state index contributed by atoms with van der Waals surface area (Å²) in [5.41, 5.74) is 0. The van der Waals surface area contributed by atoms with Crippen LogP contribution < -0.4 is 0 Å². The van der Waals surface area contributed by atoms with Gasteiger partial charge in [0, 0.05) is 27.2 Å². The van der Waals surface area contributed by atoms with Crippen molar-refractivity contribution in [2.75, 3.05) is 6.54 Å². The van der Waals surface area contributed by atoms with Crippen LogP contribution in [-0.2, 0) is 33.4 Å². The van der Waals surface area contributed by atoms with Gasteiger partial charge in [-0.15, -0.1) is 0 Å². The number of amides is 1. The zero-order valence-corrected chi connectivity index (χ0v) is 12.7. The lowest BCUT2D eigenvalue weighted by molar-refractivity contribution is -0.171. The Labute approximate surface area is 127 Å². The molecule has 2 saturated heterocycles. The molecule has 2 aliphatic heterocycles. The molecule has 0 saturated carbocycles. The number of rotatable bonds is 3. The summed E-state index contributed by atoms with van der Waals surface area (Å²) in [6, 6.07) is -0.626. The number of esters is 3. The topological polar surface area (TPSA) is 99.2 Å². The molecule has 2 aliphatic rings. The molecule has 0 bridgehead atoms. The van der Waals surface area contributed by atoms with Crippen molar-refractivity contribution < 1.29 is 33.4 Å². The maximum absolute atomic E-state index is 12.1. The Balaban J connectivity index is 2.28. The number of ether oxygens (including phenoxy) is 3. The molecule has 0 aromatic carbocycles. The van der Waals surface area contributed by atoms with Crippen molar-refractivity contribution in [1.82, 2.24) is 4.90 Å². The summed E-state index contributed by atoms with van der Waals surface area (Å²) >= 11 is 0. The van der Waals surface area contributed by atoms with Crippen molar-refractivity contribution in [3.8, 4) is 0 Å². The van der Waals surface area contributed by atoms with Crippen LogP contribution in [0.25, 0.3) is 0 Å². The molecule has 0 spiro atoms. The third-order valence-corrected chi connectivity index (χ3v) is 3.72. The molecule has 4 atom stereocenters. The molecule has 2 fully saturated rings. The zero-order valence-electron chi connectivity index (χ0n) is 12.7. The highest BCUT2D eigenvalue weighted by molar-refractivity contribution is 5.79. The van der Waals surface area contributed by atoms with E-state index in [9.17, 15) is 19.2 Å². The van der Waals surface area contributed by atoms with E-state index in [4.69, 9.17) is 14.2 Å². The predicted molar refractivity (Wildman–Crippen MR) is 71.4 cm³/mol. The van der Waals surface area contributed by atoms with Gasteiger partial charge in [-0.25, -0.2) is 0 Å². The summed E-state index contributed by atoms with van der Waals surface area (Å²) < 4.78 is 15.7. The van der Waals surface area contributed by atoms with Crippen molar-refractivity contribution in [2.45, 2.75) is 58.0 Å². The van der Waals surface area contributed by atoms with E-state index in [1.54, 1.807) is 0 Å². The van der Waals surface area contributed by atoms with Crippen LogP contribution in [0.1, 0.15) is 33.6 Å². The molecule has 0 N–H and O–H groups in total. The van der Waals surface area contributed by atoms with E-state index in [1.807, 2.05) is 0 Å². The molecule has 8 heteroatoms. The third kappa shape index (κ3) is 3.37. The summed E-state index contributed by atoms with van der Waals surface area (Å²) in [5.74, 6) is -1.70. The second-order valence-corrected chi connectivity index (χ2v) is 5.45. The van der Waals surface area contributed by atoms with E-state index in [0.29, 0.717) is 6.42 Å². The molecule has 2 rings (SSSR count). The van der Waals surface area contributed by atoms with E-state index in [-0.39, 0.29) is 18.9 Å². The van der Waals surface area contributed by atoms with Crippen LogP contribution in [0.4, 0.5) is 0 Å². The second-order valence-electron chi connectivity index (χ2n) is 5.45. The van der Waals surface area contributed by atoms with E-state index in [0.717, 1.165) is 0 Å². The molecule has 4 unspecified atom stereocenters. The van der Waals surface area contributed by atoms with Crippen molar-refractivity contribution in [2.24, 2.45) is 0 Å². The minimum absolute atomic E-state index is 0.124. The Morgan fingerprint density at radius 2 is 1.50 bits per heavy atom. The summed E-state index contributed by atoms with van der Waals surface area (Å²) in [6.07, 6.45) is -1.60. The Morgan fingerprint density at radius 3 is 2.05 bits per heavy atom. The molecular formula is C14H19NO7. The molecule has 122 valence electrons. The lowest BCUT2D eigenvalue weighted by Crippen LogP contribution is -2.53. The Hall–Kier alpha value is -2.12. The third-order valence-electron chi connectivity index (χ3n) is 3.72. The number of hydrogen-bond donors (Lipinski definition) is 0. The SMILES string of the molecule is CC(=O)OC1CN2C(=O)CCC(OC(C)=O)C2C1OC(C)=O. The minimum atomic E-state index is -0.838. The summed E-state index contributed by atoms with van der Waals surface area (Å²) in [6.45, 7) is 3.88. The van der Waals surface area contributed by atoms with E-state index in [2.05, 4.69) is 0 Å². The molecular weight excluding hydrogens is 294 g/mol. The van der Waals surface area contributed by atoms with Crippen LogP contribution in [0.2, 0.25) is 0 Å². The van der Waals surface area contributed by atoms with Crippen LogP contribution in [0.5, 0.6) is 0 Å². The van der Waals surface area contributed by atoms with Gasteiger partial charge < -0.3 is 19.1 Å². The van der Waals surface area contributed by atoms with Gasteiger partial charge in [-0.1, -0.05) is 0 Å². The average Bonchev–Trinajstić information content (AvgIpc) is 2.71. The Morgan fingerprint density at radius 1 is 0.955 bits per heavy atom. The molecule has 2 heterocycles. The van der Waals surface area contributed by atoms with Gasteiger partial charge in [-0.3, -0.25) is 19.2 Å². The van der Waals surface area contributed by atoms with E-state index >= 15 is 0 Å². The zero-order chi connectivity index (χ0) is 16.4. The van der Waals surface area contributed by atoms with Gasteiger partial charge >= 0.3 is 17.9 Å². The number of nitrogens with zero attached hydrogens (tertiary/aromatic N) is 1. The highest BCUT2D eigenvalue weighted by Crippen LogP contribution is 2.34. The summed E-state index contributed by atoms with van der Waals surface area (Å²) in [5, 5.41) is 0. The molecule has 0 aliphatic carbocycles. The van der Waals surface area contributed by atoms with Gasteiger partial charge in [0.05, 0.1) is 6.54 Å². The monoisotopic (exact) mass is 313 g/mol. The van der Waals surface area contributed by atoms with E-state index < -0.39 is 42.3 Å². The predicted octanol–water partition coefficient (Wildman–Crippen LogP) is -0.214. The maximum atomic E-state index is 12.1. The van der Waals surface area contributed by atoms with Crippen LogP contribution in [0.3, 0.4) is 0 Å². The van der Waals surface area contributed by atoms with Gasteiger partial charge in [0.15, 0.2) is 12.2 Å². The van der Waals surface area contributed by atoms with Crippen molar-refractivity contribution >= 4 is 23.8 Å². The largest absolute Gasteiger partial charge is 0.460 e. The number of carbonyl (C=O) groups is 4. The fourth-order valence-corrected chi connectivity index (χ4v) is 3.07. The molecule has 0 aromatic rings. The number of piperidine rings is 1. The van der Waals surface area contributed by atoms with E-state index in [1.165, 1.54) is 25.7 Å². The molecule has 0 aromatic heterocycles. The number of hydrogen-bond acceptors (Lipinski definition) is 7. The number of fused-ring (bicyclic) bond motifs is 1. The van der Waals surface area contributed by atoms with Crippen LogP contribution in [0.15, 0.2) is 0 Å². The molecule has 0 radical (unpaired) electrons. The highest BCUT2D eigenvalue weighted by atomic mass is 16.6. The first kappa shape index (κ1) is 16.3. The van der Waals surface area contributed by atoms with Crippen LogP contribution in [-0.4, -0.2) is 59.6 Å². The fourth-order valence-electron chi connectivity index (χ4n) is 3.07. The van der Waals surface area contributed by atoms with Crippen LogP contribution in [0, 0.1) is 0 Å². The Kier molecular flexibility index (Phi) is 4.68. The summed E-state index contributed by atoms with van der Waals surface area (Å²) in [4.78, 5) is 47.4. The van der Waals surface area contributed by atoms with Gasteiger partial charge in [-0.2, -0.15) is 0 Å². The molecule has 1 amide bonds. The van der Waals surface area contributed by atoms with Crippen molar-refractivity contribution in [1.29, 1.82) is 0 Å². The van der Waals surface area contributed by atoms with Crippen molar-refractivity contribution in [3.63, 3.8) is 0 Å². The average molecular weight is 313 g/mol. The number of carbonyl (C=O) groups excluding carboxylic acids is 4. The lowest BCUT2D eigenvalue weighted by atomic mass is 9.96. The normalized spacial score (nSPS) is 30.5. The lowest BCUT2D eigenvalue weighted by Gasteiger charge is -2.37. The quantitative estimate of drug-likeness (QED) is 0.525. The maximum Gasteiger partial charge on any atom is 0.303 e. The van der Waals surface area contributed by atoms with Gasteiger partial charge in [0.2, 0.25) is 5.91 Å². The van der Waals surface area contributed by atoms with Crippen molar-refractivity contribution in [3.05, 3.63) is 0 Å². The van der Waals surface area contributed by atoms with Gasteiger partial charge in [-0.05, 0) is 6.42 Å². The first-order chi connectivity index (χ1) is 10.3. The first-order valence-electron chi connectivity index (χ1n) is 7.10. The van der Waals surface area contributed by atoms with Crippen LogP contribution >= 0.6 is 0 Å². The molecule has 22 heavy (non-hydrogen) atoms. The standard InChI is InChI=1S/C14H19NO7/c1-7(16)20-10-4-5-12(19)15-6-11(21-8(2)17)14(13(10)15)22-9(3)18/h10-11,13-14H,4-6H2,1-3H3. The highest BCUT2D eigenvalue weighted by Gasteiger charge is 2.54. The first-order valence-corrected chi connectivity index (χ1v) is 7.10.